The predicted octanol–water partition coefficient (Wildman–Crippen LogP) is 11.4. The molecule has 0 spiro atoms. The minimum atomic E-state index is -0.728. The van der Waals surface area contributed by atoms with Gasteiger partial charge in [-0.1, -0.05) is 39.8 Å². The van der Waals surface area contributed by atoms with Crippen molar-refractivity contribution >= 4 is 47.8 Å². The first-order valence-electron chi connectivity index (χ1n) is 33.2. The quantitative estimate of drug-likeness (QED) is 0.0654. The van der Waals surface area contributed by atoms with Gasteiger partial charge in [-0.05, 0) is 236 Å². The molecule has 14 saturated carbocycles. The van der Waals surface area contributed by atoms with E-state index in [0.29, 0.717) is 71.9 Å². The molecule has 1 N–H and O–H groups in total. The Morgan fingerprint density at radius 3 is 1.54 bits per heavy atom. The van der Waals surface area contributed by atoms with E-state index in [2.05, 4.69) is 51.5 Å². The molecule has 18 heteroatoms. The average Bonchev–Trinajstić information content (AvgIpc) is 1.36. The van der Waals surface area contributed by atoms with Gasteiger partial charge in [-0.2, -0.15) is 0 Å². The van der Waals surface area contributed by atoms with Crippen LogP contribution >= 0.6 is 0 Å². The Morgan fingerprint density at radius 2 is 1.04 bits per heavy atom. The summed E-state index contributed by atoms with van der Waals surface area (Å²) in [6, 6.07) is 0. The maximum Gasteiger partial charge on any atom is 0.347 e. The molecule has 18 nitrogen and oxygen atoms in total. The van der Waals surface area contributed by atoms with Crippen LogP contribution in [0.4, 0.5) is 0 Å². The summed E-state index contributed by atoms with van der Waals surface area (Å²) in [6.45, 7) is 30.2. The zero-order valence-electron chi connectivity index (χ0n) is 54.0. The summed E-state index contributed by atoms with van der Waals surface area (Å²) in [6.07, 6.45) is 23.9. The van der Waals surface area contributed by atoms with Gasteiger partial charge in [0.1, 0.15) is 23.4 Å². The van der Waals surface area contributed by atoms with Gasteiger partial charge in [0.25, 0.3) is 0 Å². The molecule has 17 fully saturated rings. The monoisotopic (exact) mass is 1240 g/mol. The van der Waals surface area contributed by atoms with Gasteiger partial charge in [0.05, 0.1) is 24.2 Å². The molecule has 0 aromatic carbocycles. The van der Waals surface area contributed by atoms with E-state index in [4.69, 9.17) is 37.9 Å². The van der Waals surface area contributed by atoms with Crippen LogP contribution in [-0.4, -0.2) is 114 Å². The highest BCUT2D eigenvalue weighted by Crippen LogP contribution is 2.65. The van der Waals surface area contributed by atoms with Gasteiger partial charge in [0, 0.05) is 52.0 Å². The molecule has 9 atom stereocenters. The molecule has 89 heavy (non-hydrogen) atoms. The lowest BCUT2D eigenvalue weighted by Gasteiger charge is -2.62. The summed E-state index contributed by atoms with van der Waals surface area (Å²) >= 11 is 0. The number of hydrogen-bond donors (Lipinski definition) is 1. The number of hydrogen-bond acceptors (Lipinski definition) is 18. The van der Waals surface area contributed by atoms with E-state index in [1.54, 1.807) is 20.8 Å². The zero-order chi connectivity index (χ0) is 64.5. The number of fused-ring (bicyclic) bond motifs is 1. The van der Waals surface area contributed by atoms with E-state index in [0.717, 1.165) is 87.4 Å². The Balaban J connectivity index is 0.000000134. The van der Waals surface area contributed by atoms with Crippen LogP contribution < -0.4 is 0 Å². The third kappa shape index (κ3) is 16.0. The van der Waals surface area contributed by atoms with Crippen molar-refractivity contribution in [3.63, 3.8) is 0 Å². The van der Waals surface area contributed by atoms with E-state index < -0.39 is 53.9 Å². The fraction of sp³-hybridized carbons (Fsp3) is 0.746. The van der Waals surface area contributed by atoms with Crippen LogP contribution in [0.25, 0.3) is 0 Å². The summed E-state index contributed by atoms with van der Waals surface area (Å²) in [4.78, 5) is 91.9. The Labute approximate surface area is 526 Å². The van der Waals surface area contributed by atoms with Crippen LogP contribution in [0, 0.1) is 76.4 Å². The molecule has 0 aromatic rings. The van der Waals surface area contributed by atoms with Crippen molar-refractivity contribution in [2.24, 2.45) is 76.4 Å². The van der Waals surface area contributed by atoms with Crippen molar-refractivity contribution < 1.29 is 86.1 Å². The molecule has 492 valence electrons. The van der Waals surface area contributed by atoms with E-state index in [1.807, 2.05) is 0 Å². The largest absolute Gasteiger partial charge is 0.463 e. The predicted molar refractivity (Wildman–Crippen MR) is 326 cm³/mol. The second-order valence-electron chi connectivity index (χ2n) is 30.1. The van der Waals surface area contributed by atoms with Crippen LogP contribution in [0.15, 0.2) is 60.8 Å². The maximum absolute atomic E-state index is 12.1. The minimum absolute atomic E-state index is 0.0568. The first kappa shape index (κ1) is 67.8. The number of esters is 8. The van der Waals surface area contributed by atoms with Crippen LogP contribution in [0.5, 0.6) is 0 Å². The van der Waals surface area contributed by atoms with Gasteiger partial charge in [0.15, 0.2) is 13.4 Å². The number of cyclic esters (lactones) is 1. The number of carbonyl (C=O) groups excluding carboxylic acids is 8. The van der Waals surface area contributed by atoms with Gasteiger partial charge in [-0.3, -0.25) is 4.79 Å². The van der Waals surface area contributed by atoms with E-state index >= 15 is 0 Å². The van der Waals surface area contributed by atoms with Crippen molar-refractivity contribution in [3.8, 4) is 0 Å². The van der Waals surface area contributed by atoms with Gasteiger partial charge in [-0.25, -0.2) is 33.6 Å². The third-order valence-corrected chi connectivity index (χ3v) is 22.3. The second-order valence-corrected chi connectivity index (χ2v) is 30.1. The SMILES string of the molecule is C=C(C)C(=O)OC(C)(CC)C12CC3CC(CC(C3)C1)C2.C=C(C)C(=O)OC12CC3CC(CC(O)(C3)C1)C2.C=C(C)C(=O)OC1CCOC1=O.C=C(C)C(=O)OCC(=O)OC1C2CC3CC(C2)C(=O)OC1C3.C=C(C)C(=O)OCOC1C2CC3CC(C2)CC1C3. The van der Waals surface area contributed by atoms with E-state index in [-0.39, 0.29) is 70.8 Å². The molecule has 17 rings (SSSR count). The molecule has 0 aromatic heterocycles. The lowest BCUT2D eigenvalue weighted by Crippen LogP contribution is -2.60. The Kier molecular flexibility index (Phi) is 21.1. The lowest BCUT2D eigenvalue weighted by atomic mass is 9.45. The highest BCUT2D eigenvalue weighted by molar-refractivity contribution is 5.90. The summed E-state index contributed by atoms with van der Waals surface area (Å²) in [5.74, 6) is 4.40. The first-order valence-corrected chi connectivity index (χ1v) is 33.2. The molecular formula is C71H100O18. The number of carbonyl (C=O) groups is 8. The van der Waals surface area contributed by atoms with Crippen molar-refractivity contribution in [3.05, 3.63) is 60.8 Å². The fourth-order valence-corrected chi connectivity index (χ4v) is 19.3. The molecule has 3 heterocycles. The van der Waals surface area contributed by atoms with Crippen molar-refractivity contribution in [1.29, 1.82) is 0 Å². The van der Waals surface area contributed by atoms with E-state index in [9.17, 15) is 43.5 Å². The van der Waals surface area contributed by atoms with Gasteiger partial charge in [-0.15, -0.1) is 0 Å². The summed E-state index contributed by atoms with van der Waals surface area (Å²) in [5, 5.41) is 10.5. The summed E-state index contributed by atoms with van der Waals surface area (Å²) < 4.78 is 47.7. The van der Waals surface area contributed by atoms with Crippen LogP contribution in [0.3, 0.4) is 0 Å². The third-order valence-electron chi connectivity index (χ3n) is 22.3. The molecular weight excluding hydrogens is 1140 g/mol. The highest BCUT2D eigenvalue weighted by Gasteiger charge is 2.61. The summed E-state index contributed by atoms with van der Waals surface area (Å²) in [7, 11) is 0. The van der Waals surface area contributed by atoms with Crippen LogP contribution in [-0.2, 0) is 81.0 Å². The van der Waals surface area contributed by atoms with Gasteiger partial charge in [0.2, 0.25) is 6.10 Å². The minimum Gasteiger partial charge on any atom is -0.463 e. The Morgan fingerprint density at radius 1 is 0.551 bits per heavy atom. The Bertz CT molecular complexity index is 2710. The first-order chi connectivity index (χ1) is 41.9. The standard InChI is InChI=1S/C18H28O2.C16H20O6.C15H22O3.C14H20O3.C8H10O4/c1-5-17(4,20-16(19)12(2)3)18-9-13-6-14(10-18)8-15(7-13)11-18;1-8(2)15(18)20-7-13(17)22-14-10-3-9-4-11(6-10)16(19)21-12(14)5-9;1-9(2)15(16)18-8-17-14-12-4-10-3-11(6-12)7-13(14)5-10;1-9(2)12(15)17-14-6-10-3-11(7-14)5-13(16,4-10)8-14;1-5(2)7(9)12-6-3-4-11-8(6)10/h13-15H,2,5-11H2,1,3-4H3;9-12,14H,1,3-7H2,2H3;10-14H,1,3-8H2,2H3;10-11,16H,1,3-8H2,2H3;6H,1,3-4H2,2H3. The van der Waals surface area contributed by atoms with Crippen LogP contribution in [0.1, 0.15) is 196 Å². The maximum atomic E-state index is 12.1. The molecule has 3 saturated heterocycles. The average molecular weight is 1240 g/mol. The van der Waals surface area contributed by atoms with Crippen molar-refractivity contribution in [2.75, 3.05) is 20.0 Å². The van der Waals surface area contributed by atoms with Gasteiger partial charge < -0.3 is 47.7 Å². The molecule has 14 aliphatic carbocycles. The van der Waals surface area contributed by atoms with E-state index in [1.165, 1.54) is 90.9 Å². The van der Waals surface area contributed by atoms with Gasteiger partial charge >= 0.3 is 47.8 Å². The Hall–Kier alpha value is -5.62. The second kappa shape index (κ2) is 27.7. The number of rotatable bonds is 16. The number of ether oxygens (including phenoxy) is 9. The highest BCUT2D eigenvalue weighted by atomic mass is 16.7. The zero-order valence-corrected chi connectivity index (χ0v) is 54.0. The van der Waals surface area contributed by atoms with Crippen molar-refractivity contribution in [1.82, 2.24) is 0 Å². The topological polar surface area (TPSA) is 240 Å². The number of aliphatic hydroxyl groups is 1. The molecule has 0 radical (unpaired) electrons. The molecule has 3 aliphatic heterocycles. The molecule has 9 unspecified atom stereocenters. The van der Waals surface area contributed by atoms with Crippen molar-refractivity contribution in [2.45, 2.75) is 237 Å². The normalized spacial score (nSPS) is 38.2. The molecule has 16 bridgehead atoms. The smallest absolute Gasteiger partial charge is 0.347 e. The molecule has 17 aliphatic rings. The summed E-state index contributed by atoms with van der Waals surface area (Å²) in [5.41, 5.74) is 0.892. The lowest BCUT2D eigenvalue weighted by molar-refractivity contribution is -0.217. The fourth-order valence-electron chi connectivity index (χ4n) is 19.3. The van der Waals surface area contributed by atoms with Crippen LogP contribution in [0.2, 0.25) is 0 Å². The molecule has 0 amide bonds.